The lowest BCUT2D eigenvalue weighted by atomic mass is 9.53. The molecule has 0 N–H and O–H groups in total. The number of rotatable bonds is 4. The molecule has 0 spiro atoms. The van der Waals surface area contributed by atoms with E-state index in [0.717, 1.165) is 4.57 Å². The second-order valence-corrected chi connectivity index (χ2v) is 11.4. The Balaban J connectivity index is 1.49. The third kappa shape index (κ3) is 3.52. The topological polar surface area (TPSA) is 102 Å². The SMILES string of the molecule is COc1ccc([C@@]23C(=O)OC(=O)[C@@H]2CC2C(=CCn4c(=O)n(-c5ccccc5)c(=O)n42)[C@@H]3c2ccc(F)c(Br)c2)cc1. The summed E-state index contributed by atoms with van der Waals surface area (Å²) in [5.41, 5.74) is -0.406. The molecule has 42 heavy (non-hydrogen) atoms. The highest BCUT2D eigenvalue weighted by atomic mass is 79.9. The number of methoxy groups -OCH3 is 1. The van der Waals surface area contributed by atoms with Crippen molar-refractivity contribution < 1.29 is 23.5 Å². The van der Waals surface area contributed by atoms with Crippen LogP contribution in [0.3, 0.4) is 0 Å². The van der Waals surface area contributed by atoms with Gasteiger partial charge in [-0.2, -0.15) is 0 Å². The molecule has 0 amide bonds. The van der Waals surface area contributed by atoms with E-state index in [4.69, 9.17) is 9.47 Å². The van der Waals surface area contributed by atoms with Crippen LogP contribution in [0, 0.1) is 11.7 Å². The molecule has 11 heteroatoms. The van der Waals surface area contributed by atoms with Gasteiger partial charge >= 0.3 is 23.3 Å². The van der Waals surface area contributed by atoms with Gasteiger partial charge in [0.1, 0.15) is 17.0 Å². The molecule has 212 valence electrons. The number of hydrogen-bond donors (Lipinski definition) is 0. The van der Waals surface area contributed by atoms with E-state index in [9.17, 15) is 23.6 Å². The molecule has 1 aliphatic carbocycles. The monoisotopic (exact) mass is 631 g/mol. The van der Waals surface area contributed by atoms with Gasteiger partial charge in [-0.05, 0) is 75.4 Å². The minimum Gasteiger partial charge on any atom is -0.497 e. The van der Waals surface area contributed by atoms with Crippen molar-refractivity contribution in [3.63, 3.8) is 0 Å². The number of cyclic esters (lactones) is 2. The molecule has 0 radical (unpaired) electrons. The molecule has 3 heterocycles. The summed E-state index contributed by atoms with van der Waals surface area (Å²) in [6.07, 6.45) is 1.87. The van der Waals surface area contributed by atoms with Crippen molar-refractivity contribution >= 4 is 27.9 Å². The second kappa shape index (κ2) is 9.52. The van der Waals surface area contributed by atoms with E-state index in [1.165, 1.54) is 22.5 Å². The number of carbonyl (C=O) groups excluding carboxylic acids is 2. The number of benzene rings is 3. The Morgan fingerprint density at radius 2 is 1.71 bits per heavy atom. The van der Waals surface area contributed by atoms with Gasteiger partial charge < -0.3 is 9.47 Å². The molecule has 2 fully saturated rings. The summed E-state index contributed by atoms with van der Waals surface area (Å²) in [7, 11) is 1.53. The zero-order chi connectivity index (χ0) is 29.3. The molecule has 1 aromatic heterocycles. The van der Waals surface area contributed by atoms with Crippen molar-refractivity contribution in [1.82, 2.24) is 13.9 Å². The summed E-state index contributed by atoms with van der Waals surface area (Å²) >= 11 is 3.27. The number of nitrogens with zero attached hydrogens (tertiary/aromatic N) is 3. The van der Waals surface area contributed by atoms with Crippen LogP contribution in [0.2, 0.25) is 0 Å². The van der Waals surface area contributed by atoms with Crippen LogP contribution in [0.5, 0.6) is 5.75 Å². The number of esters is 2. The van der Waals surface area contributed by atoms with Crippen molar-refractivity contribution in [2.45, 2.75) is 30.3 Å². The van der Waals surface area contributed by atoms with Crippen molar-refractivity contribution in [2.75, 3.05) is 7.11 Å². The molecule has 0 bridgehead atoms. The average Bonchev–Trinajstić information content (AvgIpc) is 3.42. The molecular formula is C31H23BrFN3O6. The Bertz CT molecular complexity index is 1930. The van der Waals surface area contributed by atoms with Gasteiger partial charge in [-0.25, -0.2) is 27.9 Å². The van der Waals surface area contributed by atoms with Gasteiger partial charge in [0.2, 0.25) is 0 Å². The third-order valence-electron chi connectivity index (χ3n) is 8.71. The third-order valence-corrected chi connectivity index (χ3v) is 9.32. The van der Waals surface area contributed by atoms with Gasteiger partial charge in [0.25, 0.3) is 0 Å². The number of halogens is 2. The molecular weight excluding hydrogens is 609 g/mol. The van der Waals surface area contributed by atoms with E-state index in [1.807, 2.05) is 6.08 Å². The lowest BCUT2D eigenvalue weighted by Crippen LogP contribution is -2.52. The number of carbonyl (C=O) groups is 2. The fourth-order valence-corrected chi connectivity index (χ4v) is 7.33. The molecule has 4 atom stereocenters. The first-order valence-corrected chi connectivity index (χ1v) is 14.1. The van der Waals surface area contributed by atoms with Crippen LogP contribution in [0.25, 0.3) is 5.69 Å². The largest absolute Gasteiger partial charge is 0.497 e. The number of para-hydroxylation sites is 1. The smallest absolute Gasteiger partial charge is 0.352 e. The van der Waals surface area contributed by atoms with Gasteiger partial charge in [-0.15, -0.1) is 0 Å². The van der Waals surface area contributed by atoms with Crippen molar-refractivity contribution in [2.24, 2.45) is 5.92 Å². The Labute approximate surface area is 246 Å². The fraction of sp³-hybridized carbons (Fsp3) is 0.226. The normalized spacial score (nSPS) is 24.4. The fourth-order valence-electron chi connectivity index (χ4n) is 6.94. The first-order chi connectivity index (χ1) is 20.3. The molecule has 9 nitrogen and oxygen atoms in total. The van der Waals surface area contributed by atoms with Crippen LogP contribution in [-0.2, 0) is 26.3 Å². The van der Waals surface area contributed by atoms with Crippen LogP contribution in [0.4, 0.5) is 4.39 Å². The van der Waals surface area contributed by atoms with E-state index >= 15 is 0 Å². The number of fused-ring (bicyclic) bond motifs is 4. The quantitative estimate of drug-likeness (QED) is 0.192. The molecule has 1 saturated heterocycles. The van der Waals surface area contributed by atoms with E-state index in [2.05, 4.69) is 15.9 Å². The van der Waals surface area contributed by atoms with Gasteiger partial charge in [0, 0.05) is 5.92 Å². The highest BCUT2D eigenvalue weighted by Gasteiger charge is 2.67. The van der Waals surface area contributed by atoms with Gasteiger partial charge in [0.05, 0.1) is 35.8 Å². The number of hydrogen-bond acceptors (Lipinski definition) is 6. The van der Waals surface area contributed by atoms with Gasteiger partial charge in [-0.1, -0.05) is 42.5 Å². The van der Waals surface area contributed by atoms with E-state index in [0.29, 0.717) is 28.1 Å². The Hall–Kier alpha value is -4.51. The lowest BCUT2D eigenvalue weighted by Gasteiger charge is -2.48. The summed E-state index contributed by atoms with van der Waals surface area (Å²) in [5, 5.41) is 0. The minimum absolute atomic E-state index is 0.0411. The molecule has 3 aliphatic rings. The minimum atomic E-state index is -1.50. The summed E-state index contributed by atoms with van der Waals surface area (Å²) in [4.78, 5) is 54.8. The zero-order valence-electron chi connectivity index (χ0n) is 22.2. The maximum atomic E-state index is 14.5. The van der Waals surface area contributed by atoms with Crippen LogP contribution in [0.1, 0.15) is 29.5 Å². The van der Waals surface area contributed by atoms with Crippen LogP contribution in [0.15, 0.2) is 98.5 Å². The summed E-state index contributed by atoms with van der Waals surface area (Å²) in [5.74, 6) is -3.17. The predicted octanol–water partition coefficient (Wildman–Crippen LogP) is 4.02. The Morgan fingerprint density at radius 1 is 0.976 bits per heavy atom. The Morgan fingerprint density at radius 3 is 2.40 bits per heavy atom. The molecule has 1 saturated carbocycles. The Kier molecular flexibility index (Phi) is 5.98. The van der Waals surface area contributed by atoms with Crippen LogP contribution >= 0.6 is 15.9 Å². The molecule has 7 rings (SSSR count). The van der Waals surface area contributed by atoms with Crippen LogP contribution < -0.4 is 16.1 Å². The molecule has 1 unspecified atom stereocenters. The first-order valence-electron chi connectivity index (χ1n) is 13.3. The van der Waals surface area contributed by atoms with E-state index in [-0.39, 0.29) is 17.4 Å². The van der Waals surface area contributed by atoms with E-state index < -0.39 is 52.4 Å². The highest BCUT2D eigenvalue weighted by molar-refractivity contribution is 9.10. The van der Waals surface area contributed by atoms with Crippen molar-refractivity contribution in [3.8, 4) is 11.4 Å². The van der Waals surface area contributed by atoms with Gasteiger partial charge in [0.15, 0.2) is 0 Å². The van der Waals surface area contributed by atoms with E-state index in [1.54, 1.807) is 66.7 Å². The molecule has 3 aromatic carbocycles. The maximum Gasteiger partial charge on any atom is 0.352 e. The van der Waals surface area contributed by atoms with Crippen molar-refractivity contribution in [1.29, 1.82) is 0 Å². The van der Waals surface area contributed by atoms with Crippen LogP contribution in [-0.4, -0.2) is 33.0 Å². The van der Waals surface area contributed by atoms with Crippen molar-refractivity contribution in [3.05, 3.63) is 127 Å². The summed E-state index contributed by atoms with van der Waals surface area (Å²) < 4.78 is 29.2. The zero-order valence-corrected chi connectivity index (χ0v) is 23.8. The molecule has 2 aliphatic heterocycles. The maximum absolute atomic E-state index is 14.5. The lowest BCUT2D eigenvalue weighted by molar-refractivity contribution is -0.154. The predicted molar refractivity (Wildman–Crippen MR) is 152 cm³/mol. The first kappa shape index (κ1) is 26.4. The standard InChI is InChI=1S/C31H23BrFN3O6/c1-41-20-10-8-18(9-11-20)31-22(27(37)42-28(31)38)16-25-21(26(31)17-7-12-24(33)23(32)15-17)13-14-34-29(39)35(30(40)36(25)34)19-5-3-2-4-6-19/h2-13,15,22,25-26H,14,16H2,1H3/t22-,25?,26-,31+/m0/s1. The summed E-state index contributed by atoms with van der Waals surface area (Å²) in [6, 6.07) is 19.2. The second-order valence-electron chi connectivity index (χ2n) is 10.6. The highest BCUT2D eigenvalue weighted by Crippen LogP contribution is 2.61. The average molecular weight is 632 g/mol. The number of allylic oxidation sites excluding steroid dienone is 2. The number of aromatic nitrogens is 3. The van der Waals surface area contributed by atoms with Gasteiger partial charge in [-0.3, -0.25) is 9.59 Å². The number of ether oxygens (including phenoxy) is 2. The molecule has 4 aromatic rings. The summed E-state index contributed by atoms with van der Waals surface area (Å²) in [6.45, 7) is 0.0605.